The Morgan fingerprint density at radius 2 is 1.50 bits per heavy atom. The first-order valence-corrected chi connectivity index (χ1v) is 12.2. The lowest BCUT2D eigenvalue weighted by Gasteiger charge is -2.53. The van der Waals surface area contributed by atoms with Crippen LogP contribution in [0.1, 0.15) is 48.8 Å². The quantitative estimate of drug-likeness (QED) is 0.396. The summed E-state index contributed by atoms with van der Waals surface area (Å²) in [6.45, 7) is 2.03. The molecule has 0 bridgehead atoms. The van der Waals surface area contributed by atoms with E-state index in [9.17, 15) is 9.59 Å². The Bertz CT molecular complexity index is 1200. The highest BCUT2D eigenvalue weighted by molar-refractivity contribution is 6.27. The summed E-state index contributed by atoms with van der Waals surface area (Å²) in [7, 11) is 0. The molecule has 4 heteroatoms. The van der Waals surface area contributed by atoms with E-state index in [-0.39, 0.29) is 17.9 Å². The predicted octanol–water partition coefficient (Wildman–Crippen LogP) is 5.77. The average molecular weight is 451 g/mol. The highest BCUT2D eigenvalue weighted by Gasteiger charge is 2.63. The monoisotopic (exact) mass is 450 g/mol. The van der Waals surface area contributed by atoms with Gasteiger partial charge in [0.2, 0.25) is 0 Å². The zero-order chi connectivity index (χ0) is 23.5. The van der Waals surface area contributed by atoms with E-state index in [2.05, 4.69) is 5.32 Å². The number of hydrogen-bond donors (Lipinski definition) is 1. The van der Waals surface area contributed by atoms with Crippen LogP contribution in [0.15, 0.2) is 90.5 Å². The first-order chi connectivity index (χ1) is 16.6. The number of amides is 2. The highest BCUT2D eigenvalue weighted by atomic mass is 16.2. The van der Waals surface area contributed by atoms with E-state index in [0.29, 0.717) is 5.57 Å². The molecule has 1 aliphatic heterocycles. The first-order valence-electron chi connectivity index (χ1n) is 12.2. The third kappa shape index (κ3) is 3.83. The summed E-state index contributed by atoms with van der Waals surface area (Å²) in [6.07, 6.45) is 7.29. The van der Waals surface area contributed by atoms with E-state index in [1.54, 1.807) is 4.90 Å². The van der Waals surface area contributed by atoms with Crippen molar-refractivity contribution in [2.45, 2.75) is 50.6 Å². The fraction of sp³-hybridized carbons (Fsp3) is 0.267. The van der Waals surface area contributed by atoms with Crippen LogP contribution in [0.5, 0.6) is 0 Å². The van der Waals surface area contributed by atoms with E-state index in [1.165, 1.54) is 6.42 Å². The van der Waals surface area contributed by atoms with Gasteiger partial charge in [-0.05, 0) is 49.1 Å². The van der Waals surface area contributed by atoms with Crippen LogP contribution < -0.4 is 10.2 Å². The van der Waals surface area contributed by atoms with Gasteiger partial charge in [0.25, 0.3) is 11.8 Å². The topological polar surface area (TPSA) is 49.4 Å². The molecule has 1 atom stereocenters. The Balaban J connectivity index is 1.69. The molecule has 3 aromatic rings. The molecule has 1 heterocycles. The van der Waals surface area contributed by atoms with Crippen molar-refractivity contribution in [1.82, 2.24) is 5.32 Å². The number of rotatable bonds is 5. The van der Waals surface area contributed by atoms with Gasteiger partial charge in [-0.25, -0.2) is 0 Å². The number of para-hydroxylation sites is 1. The van der Waals surface area contributed by atoms with E-state index >= 15 is 0 Å². The van der Waals surface area contributed by atoms with Crippen LogP contribution in [0.2, 0.25) is 0 Å². The van der Waals surface area contributed by atoms with Crippen LogP contribution in [-0.2, 0) is 15.1 Å². The summed E-state index contributed by atoms with van der Waals surface area (Å²) >= 11 is 0. The van der Waals surface area contributed by atoms with Crippen LogP contribution in [-0.4, -0.2) is 17.9 Å². The third-order valence-corrected chi connectivity index (χ3v) is 7.02. The fourth-order valence-electron chi connectivity index (χ4n) is 5.24. The Morgan fingerprint density at radius 3 is 2.15 bits per heavy atom. The standard InChI is InChI=1S/C30H30N2O2/c1-22-17-19-24(20-18-22)30(29(34)31-25-13-7-3-8-14-25)27(21-23-11-5-2-6-12-23)28(33)32(30)26-15-9-4-10-16-26/h2,4-6,9-12,15-21,25H,3,7-8,13-14H2,1H3,(H,31,34)/b27-21+/t30-/m0/s1. The minimum absolute atomic E-state index is 0.131. The molecule has 2 amide bonds. The Kier molecular flexibility index (Phi) is 6.06. The van der Waals surface area contributed by atoms with E-state index in [4.69, 9.17) is 0 Å². The van der Waals surface area contributed by atoms with Crippen molar-refractivity contribution in [1.29, 1.82) is 0 Å². The van der Waals surface area contributed by atoms with Gasteiger partial charge in [-0.3, -0.25) is 14.5 Å². The minimum Gasteiger partial charge on any atom is -0.351 e. The number of anilines is 1. The van der Waals surface area contributed by atoms with Gasteiger partial charge < -0.3 is 5.32 Å². The number of benzene rings is 3. The molecule has 34 heavy (non-hydrogen) atoms. The molecule has 1 saturated heterocycles. The summed E-state index contributed by atoms with van der Waals surface area (Å²) in [5.74, 6) is -0.275. The Labute approximate surface area is 201 Å². The zero-order valence-corrected chi connectivity index (χ0v) is 19.5. The molecule has 1 N–H and O–H groups in total. The van der Waals surface area contributed by atoms with Crippen LogP contribution in [0.4, 0.5) is 5.69 Å². The molecular formula is C30H30N2O2. The van der Waals surface area contributed by atoms with Gasteiger partial charge in [-0.1, -0.05) is 97.6 Å². The van der Waals surface area contributed by atoms with Crippen LogP contribution >= 0.6 is 0 Å². The van der Waals surface area contributed by atoms with Gasteiger partial charge in [0.05, 0.1) is 5.57 Å². The maximum Gasteiger partial charge on any atom is 0.259 e. The van der Waals surface area contributed by atoms with Gasteiger partial charge in [0.15, 0.2) is 5.54 Å². The van der Waals surface area contributed by atoms with Gasteiger partial charge in [0, 0.05) is 11.7 Å². The molecule has 0 aromatic heterocycles. The normalized spacial score (nSPS) is 21.9. The maximum absolute atomic E-state index is 14.3. The van der Waals surface area contributed by atoms with Crippen molar-refractivity contribution < 1.29 is 9.59 Å². The molecule has 5 rings (SSSR count). The zero-order valence-electron chi connectivity index (χ0n) is 19.5. The minimum atomic E-state index is -1.22. The second-order valence-electron chi connectivity index (χ2n) is 9.33. The lowest BCUT2D eigenvalue weighted by atomic mass is 9.70. The number of aryl methyl sites for hydroxylation is 1. The SMILES string of the molecule is Cc1ccc([C@@]2(C(=O)NC3CCCCC3)/C(=C/c3ccccc3)C(=O)N2c2ccccc2)cc1. The number of nitrogens with one attached hydrogen (secondary N) is 1. The average Bonchev–Trinajstić information content (AvgIpc) is 2.88. The second kappa shape index (κ2) is 9.30. The van der Waals surface area contributed by atoms with Crippen LogP contribution in [0, 0.1) is 6.92 Å². The highest BCUT2D eigenvalue weighted by Crippen LogP contribution is 2.50. The van der Waals surface area contributed by atoms with Crippen molar-refractivity contribution in [2.75, 3.05) is 4.90 Å². The Morgan fingerprint density at radius 1 is 0.882 bits per heavy atom. The van der Waals surface area contributed by atoms with E-state index < -0.39 is 5.54 Å². The lowest BCUT2D eigenvalue weighted by Crippen LogP contribution is -2.71. The summed E-state index contributed by atoms with van der Waals surface area (Å²) in [6, 6.07) is 27.4. The first kappa shape index (κ1) is 22.1. The van der Waals surface area contributed by atoms with Gasteiger partial charge in [-0.2, -0.15) is 0 Å². The van der Waals surface area contributed by atoms with Gasteiger partial charge >= 0.3 is 0 Å². The van der Waals surface area contributed by atoms with Crippen molar-refractivity contribution in [3.63, 3.8) is 0 Å². The molecule has 172 valence electrons. The van der Waals surface area contributed by atoms with E-state index in [1.807, 2.05) is 97.9 Å². The van der Waals surface area contributed by atoms with Crippen molar-refractivity contribution in [3.05, 3.63) is 107 Å². The molecule has 0 spiro atoms. The largest absolute Gasteiger partial charge is 0.351 e. The van der Waals surface area contributed by atoms with Crippen LogP contribution in [0.3, 0.4) is 0 Å². The molecule has 0 unspecified atom stereocenters. The van der Waals surface area contributed by atoms with Gasteiger partial charge in [-0.15, -0.1) is 0 Å². The third-order valence-electron chi connectivity index (χ3n) is 7.02. The second-order valence-corrected chi connectivity index (χ2v) is 9.33. The number of hydrogen-bond acceptors (Lipinski definition) is 2. The fourth-order valence-corrected chi connectivity index (χ4v) is 5.24. The number of carbonyl (C=O) groups is 2. The smallest absolute Gasteiger partial charge is 0.259 e. The molecule has 3 aromatic carbocycles. The van der Waals surface area contributed by atoms with Crippen LogP contribution in [0.25, 0.3) is 6.08 Å². The molecule has 4 nitrogen and oxygen atoms in total. The summed E-state index contributed by atoms with van der Waals surface area (Å²) < 4.78 is 0. The van der Waals surface area contributed by atoms with Crippen molar-refractivity contribution in [3.8, 4) is 0 Å². The predicted molar refractivity (Wildman–Crippen MR) is 136 cm³/mol. The molecule has 2 fully saturated rings. The summed E-state index contributed by atoms with van der Waals surface area (Å²) in [5.41, 5.74) is 2.81. The van der Waals surface area contributed by atoms with Gasteiger partial charge in [0.1, 0.15) is 0 Å². The molecule has 0 radical (unpaired) electrons. The molecule has 1 aliphatic carbocycles. The lowest BCUT2D eigenvalue weighted by molar-refractivity contribution is -0.134. The molecule has 1 saturated carbocycles. The van der Waals surface area contributed by atoms with Crippen molar-refractivity contribution >= 4 is 23.6 Å². The number of nitrogens with zero attached hydrogens (tertiary/aromatic N) is 1. The summed E-state index contributed by atoms with van der Waals surface area (Å²) in [4.78, 5) is 29.7. The summed E-state index contributed by atoms with van der Waals surface area (Å²) in [5, 5.41) is 3.34. The Hall–Kier alpha value is -3.66. The van der Waals surface area contributed by atoms with Crippen molar-refractivity contribution in [2.24, 2.45) is 0 Å². The molecular weight excluding hydrogens is 420 g/mol. The number of β-lactam (4-membered cyclic amide) rings is 1. The van der Waals surface area contributed by atoms with E-state index in [0.717, 1.165) is 48.1 Å². The molecule has 2 aliphatic rings. The maximum atomic E-state index is 14.3. The number of carbonyl (C=O) groups excluding carboxylic acids is 2.